The maximum atomic E-state index is 13.5. The predicted octanol–water partition coefficient (Wildman–Crippen LogP) is 5.46. The van der Waals surface area contributed by atoms with Crippen molar-refractivity contribution in [2.75, 3.05) is 29.9 Å². The Balaban J connectivity index is 1.58. The molecule has 0 bridgehead atoms. The van der Waals surface area contributed by atoms with E-state index in [-0.39, 0.29) is 5.91 Å². The zero-order valence-corrected chi connectivity index (χ0v) is 20.4. The SMILES string of the molecule is Cc1cccc(C(=O)N(C)c2ccc(-c3cc(C(N)=O)ccc3Cl)cc2N2CC3CC3C2)c1C. The number of carbonyl (C=O) groups excluding carboxylic acids is 2. The highest BCUT2D eigenvalue weighted by molar-refractivity contribution is 6.33. The smallest absolute Gasteiger partial charge is 0.258 e. The first-order valence-electron chi connectivity index (χ1n) is 11.6. The second-order valence-corrected chi connectivity index (χ2v) is 9.94. The third kappa shape index (κ3) is 3.94. The van der Waals surface area contributed by atoms with Gasteiger partial charge in [0.1, 0.15) is 0 Å². The molecule has 0 spiro atoms. The zero-order chi connectivity index (χ0) is 24.1. The molecule has 0 aromatic heterocycles. The van der Waals surface area contributed by atoms with E-state index in [1.54, 1.807) is 23.1 Å². The van der Waals surface area contributed by atoms with Gasteiger partial charge >= 0.3 is 0 Å². The summed E-state index contributed by atoms with van der Waals surface area (Å²) in [4.78, 5) is 29.4. The fourth-order valence-corrected chi connectivity index (χ4v) is 5.22. The van der Waals surface area contributed by atoms with Gasteiger partial charge in [0.15, 0.2) is 0 Å². The Hall–Kier alpha value is -3.31. The number of hydrogen-bond acceptors (Lipinski definition) is 3. The van der Waals surface area contributed by atoms with Crippen LogP contribution in [0.2, 0.25) is 5.02 Å². The minimum absolute atomic E-state index is 0.0340. The maximum Gasteiger partial charge on any atom is 0.258 e. The molecule has 3 aromatic rings. The van der Waals surface area contributed by atoms with Crippen molar-refractivity contribution in [2.24, 2.45) is 17.6 Å². The average Bonchev–Trinajstić information content (AvgIpc) is 3.44. The predicted molar refractivity (Wildman–Crippen MR) is 138 cm³/mol. The van der Waals surface area contributed by atoms with E-state index in [4.69, 9.17) is 17.3 Å². The molecule has 1 saturated carbocycles. The monoisotopic (exact) mass is 473 g/mol. The standard InChI is InChI=1S/C28H28ClN3O2/c1-16-5-4-6-22(17(16)2)28(34)31(3)25-10-8-18(13-26(25)32-14-20-11-21(20)15-32)23-12-19(27(30)33)7-9-24(23)29/h4-10,12-13,20-21H,11,14-15H2,1-3H3,(H2,30,33). The molecule has 174 valence electrons. The van der Waals surface area contributed by atoms with Crippen molar-refractivity contribution in [1.82, 2.24) is 0 Å². The number of rotatable bonds is 5. The lowest BCUT2D eigenvalue weighted by Crippen LogP contribution is -2.30. The minimum atomic E-state index is -0.492. The van der Waals surface area contributed by atoms with Crippen LogP contribution in [0.25, 0.3) is 11.1 Å². The highest BCUT2D eigenvalue weighted by Gasteiger charge is 2.45. The van der Waals surface area contributed by atoms with Crippen LogP contribution < -0.4 is 15.5 Å². The van der Waals surface area contributed by atoms with Crippen LogP contribution in [0.5, 0.6) is 0 Å². The lowest BCUT2D eigenvalue weighted by molar-refractivity contribution is 0.0987. The van der Waals surface area contributed by atoms with Crippen LogP contribution in [0.4, 0.5) is 11.4 Å². The molecule has 2 amide bonds. The number of hydrogen-bond donors (Lipinski definition) is 1. The molecule has 5 nitrogen and oxygen atoms in total. The highest BCUT2D eigenvalue weighted by atomic mass is 35.5. The summed E-state index contributed by atoms with van der Waals surface area (Å²) in [5, 5.41) is 0.549. The first-order chi connectivity index (χ1) is 16.2. The lowest BCUT2D eigenvalue weighted by Gasteiger charge is -2.29. The van der Waals surface area contributed by atoms with Gasteiger partial charge in [-0.05, 0) is 85.2 Å². The van der Waals surface area contributed by atoms with Crippen molar-refractivity contribution in [2.45, 2.75) is 20.3 Å². The molecule has 5 rings (SSSR count). The fourth-order valence-electron chi connectivity index (χ4n) is 5.00. The second kappa shape index (κ2) is 8.48. The topological polar surface area (TPSA) is 66.6 Å². The third-order valence-corrected chi connectivity index (χ3v) is 7.69. The highest BCUT2D eigenvalue weighted by Crippen LogP contribution is 2.48. The van der Waals surface area contributed by atoms with Gasteiger partial charge in [-0.3, -0.25) is 9.59 Å². The zero-order valence-electron chi connectivity index (χ0n) is 19.6. The van der Waals surface area contributed by atoms with E-state index >= 15 is 0 Å². The number of piperidine rings is 1. The van der Waals surface area contributed by atoms with Gasteiger partial charge in [0.2, 0.25) is 5.91 Å². The van der Waals surface area contributed by atoms with E-state index in [2.05, 4.69) is 11.0 Å². The summed E-state index contributed by atoms with van der Waals surface area (Å²) in [5.41, 5.74) is 12.2. The summed E-state index contributed by atoms with van der Waals surface area (Å²) in [7, 11) is 1.83. The molecule has 2 unspecified atom stereocenters. The largest absolute Gasteiger partial charge is 0.369 e. The van der Waals surface area contributed by atoms with E-state index in [9.17, 15) is 9.59 Å². The number of aryl methyl sites for hydroxylation is 1. The van der Waals surface area contributed by atoms with Crippen molar-refractivity contribution in [3.63, 3.8) is 0 Å². The molecule has 1 aliphatic carbocycles. The Kier molecular flexibility index (Phi) is 5.61. The number of benzene rings is 3. The van der Waals surface area contributed by atoms with Gasteiger partial charge in [0.25, 0.3) is 5.91 Å². The molecule has 1 heterocycles. The Morgan fingerprint density at radius 3 is 2.47 bits per heavy atom. The van der Waals surface area contributed by atoms with Gasteiger partial charge in [-0.2, -0.15) is 0 Å². The van der Waals surface area contributed by atoms with E-state index in [0.29, 0.717) is 16.1 Å². The van der Waals surface area contributed by atoms with Crippen molar-refractivity contribution < 1.29 is 9.59 Å². The van der Waals surface area contributed by atoms with E-state index < -0.39 is 5.91 Å². The van der Waals surface area contributed by atoms with Crippen LogP contribution in [0.3, 0.4) is 0 Å². The Morgan fingerprint density at radius 1 is 1.03 bits per heavy atom. The summed E-state index contributed by atoms with van der Waals surface area (Å²) < 4.78 is 0. The number of halogens is 1. The molecular weight excluding hydrogens is 446 g/mol. The number of nitrogens with two attached hydrogens (primary N) is 1. The van der Waals surface area contributed by atoms with Gasteiger partial charge in [0.05, 0.1) is 11.4 Å². The normalized spacial score (nSPS) is 18.5. The lowest BCUT2D eigenvalue weighted by atomic mass is 10.00. The second-order valence-electron chi connectivity index (χ2n) is 9.53. The van der Waals surface area contributed by atoms with Crippen LogP contribution >= 0.6 is 11.6 Å². The molecule has 3 aromatic carbocycles. The first-order valence-corrected chi connectivity index (χ1v) is 12.0. The van der Waals surface area contributed by atoms with Gasteiger partial charge in [-0.25, -0.2) is 0 Å². The molecule has 1 aliphatic heterocycles. The summed E-state index contributed by atoms with van der Waals surface area (Å²) in [5.74, 6) is 0.943. The van der Waals surface area contributed by atoms with E-state index in [1.807, 2.05) is 51.2 Å². The molecule has 0 radical (unpaired) electrons. The van der Waals surface area contributed by atoms with Crippen molar-refractivity contribution in [1.29, 1.82) is 0 Å². The van der Waals surface area contributed by atoms with Gasteiger partial charge in [-0.1, -0.05) is 29.8 Å². The third-order valence-electron chi connectivity index (χ3n) is 7.36. The van der Waals surface area contributed by atoms with Gasteiger partial charge in [0, 0.05) is 41.9 Å². The van der Waals surface area contributed by atoms with Crippen LogP contribution in [0, 0.1) is 25.7 Å². The Bertz CT molecular complexity index is 1310. The molecule has 2 fully saturated rings. The average molecular weight is 474 g/mol. The molecule has 2 aliphatic rings. The summed E-state index contributed by atoms with van der Waals surface area (Å²) in [6.45, 7) is 5.98. The first kappa shape index (κ1) is 22.5. The number of anilines is 2. The minimum Gasteiger partial charge on any atom is -0.369 e. The Morgan fingerprint density at radius 2 is 1.76 bits per heavy atom. The van der Waals surface area contributed by atoms with Crippen LogP contribution in [-0.4, -0.2) is 32.0 Å². The maximum absolute atomic E-state index is 13.5. The van der Waals surface area contributed by atoms with E-state index in [0.717, 1.165) is 58.6 Å². The quantitative estimate of drug-likeness (QED) is 0.535. The number of nitrogens with zero attached hydrogens (tertiary/aromatic N) is 2. The molecule has 1 saturated heterocycles. The van der Waals surface area contributed by atoms with Crippen molar-refractivity contribution in [3.05, 3.63) is 81.9 Å². The van der Waals surface area contributed by atoms with Crippen molar-refractivity contribution in [3.8, 4) is 11.1 Å². The molecule has 2 atom stereocenters. The fraction of sp³-hybridized carbons (Fsp3) is 0.286. The van der Waals surface area contributed by atoms with Crippen LogP contribution in [0.1, 0.15) is 38.3 Å². The van der Waals surface area contributed by atoms with Gasteiger partial charge in [-0.15, -0.1) is 0 Å². The summed E-state index contributed by atoms with van der Waals surface area (Å²) >= 11 is 6.51. The van der Waals surface area contributed by atoms with E-state index in [1.165, 1.54) is 6.42 Å². The number of fused-ring (bicyclic) bond motifs is 1. The Labute approximate surface area is 205 Å². The van der Waals surface area contributed by atoms with Crippen LogP contribution in [0.15, 0.2) is 54.6 Å². The van der Waals surface area contributed by atoms with Crippen molar-refractivity contribution >= 4 is 34.8 Å². The molecule has 6 heteroatoms. The molecular formula is C28H28ClN3O2. The van der Waals surface area contributed by atoms with Gasteiger partial charge < -0.3 is 15.5 Å². The number of primary amides is 1. The number of amides is 2. The van der Waals surface area contributed by atoms with Crippen LogP contribution in [-0.2, 0) is 0 Å². The summed E-state index contributed by atoms with van der Waals surface area (Å²) in [6, 6.07) is 16.9. The molecule has 34 heavy (non-hydrogen) atoms. The molecule has 2 N–H and O–H groups in total. The summed E-state index contributed by atoms with van der Waals surface area (Å²) in [6.07, 6.45) is 1.29. The number of carbonyl (C=O) groups is 2.